The summed E-state index contributed by atoms with van der Waals surface area (Å²) in [6.07, 6.45) is 7.07. The normalized spacial score (nSPS) is 11.2. The van der Waals surface area contributed by atoms with Crippen LogP contribution in [-0.4, -0.2) is 20.2 Å². The van der Waals surface area contributed by atoms with Crippen LogP contribution in [0.4, 0.5) is 8.78 Å². The van der Waals surface area contributed by atoms with E-state index in [1.54, 1.807) is 12.4 Å². The number of halogens is 2. The van der Waals surface area contributed by atoms with Crippen molar-refractivity contribution >= 4 is 0 Å². The zero-order valence-corrected chi connectivity index (χ0v) is 31.3. The zero-order chi connectivity index (χ0) is 38.9. The molecule has 0 amide bonds. The van der Waals surface area contributed by atoms with Gasteiger partial charge in [0.25, 0.3) is 0 Å². The second-order valence-electron chi connectivity index (χ2n) is 14.3. The quantitative estimate of drug-likeness (QED) is 0.169. The molecule has 3 aromatic heterocycles. The Morgan fingerprint density at radius 2 is 0.754 bits per heavy atom. The molecule has 4 nitrogen and oxygen atoms in total. The van der Waals surface area contributed by atoms with Crippen LogP contribution in [0.15, 0.2) is 176 Å². The maximum Gasteiger partial charge on any atom is 0.159 e. The molecule has 0 fully saturated rings. The smallest absolute Gasteiger partial charge is 0.159 e. The Morgan fingerprint density at radius 1 is 0.368 bits per heavy atom. The van der Waals surface area contributed by atoms with Crippen molar-refractivity contribution < 1.29 is 8.78 Å². The Kier molecular flexibility index (Phi) is 9.36. The predicted octanol–water partition coefficient (Wildman–Crippen LogP) is 13.4. The summed E-state index contributed by atoms with van der Waals surface area (Å²) >= 11 is 0. The van der Waals surface area contributed by atoms with Crippen LogP contribution in [-0.2, 0) is 0 Å². The first kappa shape index (κ1) is 35.4. The van der Waals surface area contributed by atoms with Gasteiger partial charge in [0.15, 0.2) is 11.6 Å². The van der Waals surface area contributed by atoms with E-state index in [1.807, 2.05) is 62.6 Å². The highest BCUT2D eigenvalue weighted by molar-refractivity contribution is 5.94. The number of aryl methyl sites for hydroxylation is 2. The highest BCUT2D eigenvalue weighted by atomic mass is 19.2. The fourth-order valence-electron chi connectivity index (χ4n) is 7.41. The standard InChI is InChI=1S/C51H36F2N4/c1-32-11-21-50(54-28-32)36-17-13-34(14-18-36)42-7-3-5-9-44(42)38-23-39(25-40(24-38)46-26-48(52)49(53)27-47(46)41-30-56-57-31-41)45-10-6-4-8-43(45)35-15-19-37(20-16-35)51-22-12-33(2)29-55-51/h3-31H,1-2H3,(H,56,57). The van der Waals surface area contributed by atoms with Gasteiger partial charge < -0.3 is 0 Å². The molecule has 57 heavy (non-hydrogen) atoms. The second kappa shape index (κ2) is 15.1. The Labute approximate surface area is 330 Å². The van der Waals surface area contributed by atoms with E-state index in [0.717, 1.165) is 83.7 Å². The van der Waals surface area contributed by atoms with Gasteiger partial charge in [-0.1, -0.05) is 109 Å². The molecule has 274 valence electrons. The molecule has 0 bridgehead atoms. The molecule has 0 atom stereocenters. The number of nitrogens with one attached hydrogen (secondary N) is 1. The fourth-order valence-corrected chi connectivity index (χ4v) is 7.41. The summed E-state index contributed by atoms with van der Waals surface area (Å²) in [5, 5.41) is 6.94. The summed E-state index contributed by atoms with van der Waals surface area (Å²) in [4.78, 5) is 9.24. The van der Waals surface area contributed by atoms with Crippen molar-refractivity contribution in [2.75, 3.05) is 0 Å². The predicted molar refractivity (Wildman–Crippen MR) is 227 cm³/mol. The average Bonchev–Trinajstić information content (AvgIpc) is 3.80. The summed E-state index contributed by atoms with van der Waals surface area (Å²) < 4.78 is 30.2. The number of aromatic amines is 1. The van der Waals surface area contributed by atoms with E-state index in [9.17, 15) is 4.39 Å². The highest BCUT2D eigenvalue weighted by Crippen LogP contribution is 2.43. The molecule has 0 saturated carbocycles. The first-order chi connectivity index (χ1) is 27.9. The Morgan fingerprint density at radius 3 is 1.14 bits per heavy atom. The van der Waals surface area contributed by atoms with Crippen molar-refractivity contribution in [1.82, 2.24) is 20.2 Å². The van der Waals surface area contributed by atoms with Gasteiger partial charge in [-0.15, -0.1) is 0 Å². The van der Waals surface area contributed by atoms with E-state index in [0.29, 0.717) is 16.7 Å². The Hall–Kier alpha value is -7.31. The van der Waals surface area contributed by atoms with Gasteiger partial charge in [-0.3, -0.25) is 15.1 Å². The Bertz CT molecular complexity index is 2700. The van der Waals surface area contributed by atoms with E-state index in [-0.39, 0.29) is 0 Å². The van der Waals surface area contributed by atoms with E-state index in [1.165, 1.54) is 12.1 Å². The van der Waals surface area contributed by atoms with E-state index in [2.05, 4.69) is 123 Å². The van der Waals surface area contributed by atoms with E-state index < -0.39 is 11.6 Å². The number of pyridine rings is 2. The topological polar surface area (TPSA) is 54.5 Å². The van der Waals surface area contributed by atoms with Crippen LogP contribution < -0.4 is 0 Å². The lowest BCUT2D eigenvalue weighted by molar-refractivity contribution is 0.509. The third-order valence-corrected chi connectivity index (χ3v) is 10.4. The van der Waals surface area contributed by atoms with Crippen LogP contribution in [0, 0.1) is 25.5 Å². The lowest BCUT2D eigenvalue weighted by Crippen LogP contribution is -1.94. The number of hydrogen-bond acceptors (Lipinski definition) is 3. The van der Waals surface area contributed by atoms with Crippen LogP contribution in [0.5, 0.6) is 0 Å². The number of nitrogens with zero attached hydrogens (tertiary/aromatic N) is 3. The molecule has 9 aromatic rings. The van der Waals surface area contributed by atoms with Crippen molar-refractivity contribution in [2.45, 2.75) is 13.8 Å². The first-order valence-corrected chi connectivity index (χ1v) is 18.8. The van der Waals surface area contributed by atoms with Crippen LogP contribution in [0.1, 0.15) is 11.1 Å². The van der Waals surface area contributed by atoms with E-state index in [4.69, 9.17) is 0 Å². The van der Waals surface area contributed by atoms with Gasteiger partial charge in [0.05, 0.1) is 17.6 Å². The van der Waals surface area contributed by atoms with E-state index >= 15 is 4.39 Å². The number of hydrogen-bond donors (Lipinski definition) is 1. The zero-order valence-electron chi connectivity index (χ0n) is 31.3. The number of H-pyrrole nitrogens is 1. The molecule has 6 aromatic carbocycles. The van der Waals surface area contributed by atoms with Gasteiger partial charge in [-0.2, -0.15) is 5.10 Å². The van der Waals surface area contributed by atoms with Gasteiger partial charge in [0.2, 0.25) is 0 Å². The summed E-state index contributed by atoms with van der Waals surface area (Å²) in [7, 11) is 0. The number of rotatable bonds is 8. The first-order valence-electron chi connectivity index (χ1n) is 18.8. The molecule has 0 aliphatic carbocycles. The van der Waals surface area contributed by atoms with Crippen LogP contribution in [0.25, 0.3) is 89.3 Å². The summed E-state index contributed by atoms with van der Waals surface area (Å²) in [5.74, 6) is -1.84. The monoisotopic (exact) mass is 742 g/mol. The molecule has 9 rings (SSSR count). The molecule has 0 aliphatic heterocycles. The van der Waals surface area contributed by atoms with Crippen molar-refractivity contribution in [3.8, 4) is 89.3 Å². The number of benzene rings is 6. The third-order valence-electron chi connectivity index (χ3n) is 10.4. The minimum absolute atomic E-state index is 0.535. The third kappa shape index (κ3) is 7.17. The molecule has 0 saturated heterocycles. The van der Waals surface area contributed by atoms with Crippen molar-refractivity contribution in [2.24, 2.45) is 0 Å². The molecular weight excluding hydrogens is 707 g/mol. The molecule has 0 unspecified atom stereocenters. The largest absolute Gasteiger partial charge is 0.285 e. The van der Waals surface area contributed by atoms with Gasteiger partial charge in [0, 0.05) is 35.3 Å². The van der Waals surface area contributed by atoms with Crippen LogP contribution >= 0.6 is 0 Å². The molecule has 0 aliphatic rings. The van der Waals surface area contributed by atoms with Crippen LogP contribution in [0.2, 0.25) is 0 Å². The molecular formula is C51H36F2N4. The molecule has 6 heteroatoms. The van der Waals surface area contributed by atoms with Gasteiger partial charge in [0.1, 0.15) is 0 Å². The SMILES string of the molecule is Cc1ccc(-c2ccc(-c3ccccc3-c3cc(-c4ccccc4-c4ccc(-c5ccc(C)cn5)cc4)cc(-c4cc(F)c(F)cc4-c4cn[nH]c4)c3)cc2)nc1. The lowest BCUT2D eigenvalue weighted by atomic mass is 9.86. The average molecular weight is 743 g/mol. The van der Waals surface area contributed by atoms with Gasteiger partial charge in [-0.25, -0.2) is 8.78 Å². The minimum atomic E-state index is -0.921. The summed E-state index contributed by atoms with van der Waals surface area (Å²) in [5.41, 5.74) is 16.6. The van der Waals surface area contributed by atoms with Crippen molar-refractivity contribution in [3.05, 3.63) is 199 Å². The van der Waals surface area contributed by atoms with Gasteiger partial charge >= 0.3 is 0 Å². The summed E-state index contributed by atoms with van der Waals surface area (Å²) in [6, 6.07) is 50.5. The second-order valence-corrected chi connectivity index (χ2v) is 14.3. The molecule has 3 heterocycles. The molecule has 0 spiro atoms. The van der Waals surface area contributed by atoms with Crippen molar-refractivity contribution in [1.29, 1.82) is 0 Å². The minimum Gasteiger partial charge on any atom is -0.285 e. The molecule has 1 N–H and O–H groups in total. The number of aromatic nitrogens is 4. The van der Waals surface area contributed by atoms with Crippen LogP contribution in [0.3, 0.4) is 0 Å². The van der Waals surface area contributed by atoms with Gasteiger partial charge in [-0.05, 0) is 129 Å². The Balaban J connectivity index is 1.21. The maximum atomic E-state index is 15.2. The highest BCUT2D eigenvalue weighted by Gasteiger charge is 2.19. The maximum absolute atomic E-state index is 15.2. The fraction of sp³-hybridized carbons (Fsp3) is 0.0392. The molecule has 0 radical (unpaired) electrons. The van der Waals surface area contributed by atoms with Crippen molar-refractivity contribution in [3.63, 3.8) is 0 Å². The summed E-state index contributed by atoms with van der Waals surface area (Å²) in [6.45, 7) is 4.06. The lowest BCUT2D eigenvalue weighted by Gasteiger charge is -2.18.